The van der Waals surface area contributed by atoms with Crippen LogP contribution in [0.4, 0.5) is 0 Å². The minimum Gasteiger partial charge on any atom is -0.455 e. The number of hydrazine groups is 1. The molecule has 148 valence electrons. The monoisotopic (exact) mass is 394 g/mol. The zero-order chi connectivity index (χ0) is 20.6. The van der Waals surface area contributed by atoms with Gasteiger partial charge in [0.15, 0.2) is 6.61 Å². The van der Waals surface area contributed by atoms with E-state index in [0.717, 1.165) is 0 Å². The first-order chi connectivity index (χ1) is 14.0. The smallest absolute Gasteiger partial charge is 0.306 e. The van der Waals surface area contributed by atoms with Crippen LogP contribution in [0, 0.1) is 0 Å². The third-order valence-corrected chi connectivity index (χ3v) is 3.94. The number of H-pyrrole nitrogens is 1. The number of para-hydroxylation sites is 1. The predicted octanol–water partition coefficient (Wildman–Crippen LogP) is 0.860. The van der Waals surface area contributed by atoms with E-state index in [-0.39, 0.29) is 18.4 Å². The second-order valence-corrected chi connectivity index (χ2v) is 6.06. The molecule has 2 aromatic carbocycles. The van der Waals surface area contributed by atoms with Gasteiger partial charge in [0.25, 0.3) is 17.4 Å². The molecular formula is C20H18N4O5. The minimum atomic E-state index is -0.681. The van der Waals surface area contributed by atoms with Crippen LogP contribution in [0.3, 0.4) is 0 Å². The highest BCUT2D eigenvalue weighted by Gasteiger charge is 2.11. The minimum absolute atomic E-state index is 0.0645. The van der Waals surface area contributed by atoms with E-state index >= 15 is 0 Å². The molecule has 3 aromatic rings. The Bertz CT molecular complexity index is 1090. The third-order valence-electron chi connectivity index (χ3n) is 3.94. The zero-order valence-electron chi connectivity index (χ0n) is 15.3. The van der Waals surface area contributed by atoms with Gasteiger partial charge in [-0.05, 0) is 24.3 Å². The summed E-state index contributed by atoms with van der Waals surface area (Å²) in [4.78, 5) is 54.2. The number of aromatic nitrogens is 2. The molecule has 3 N–H and O–H groups in total. The molecule has 0 saturated carbocycles. The first-order valence-corrected chi connectivity index (χ1v) is 8.81. The average molecular weight is 394 g/mol. The van der Waals surface area contributed by atoms with Crippen molar-refractivity contribution in [3.8, 4) is 0 Å². The van der Waals surface area contributed by atoms with E-state index in [1.807, 2.05) is 0 Å². The largest absolute Gasteiger partial charge is 0.455 e. The Balaban J connectivity index is 1.42. The summed E-state index contributed by atoms with van der Waals surface area (Å²) >= 11 is 0. The van der Waals surface area contributed by atoms with Crippen molar-refractivity contribution in [2.45, 2.75) is 12.8 Å². The number of carbonyl (C=O) groups is 3. The molecule has 2 amide bonds. The molecule has 0 unspecified atom stereocenters. The van der Waals surface area contributed by atoms with Gasteiger partial charge in [0.1, 0.15) is 5.82 Å². The number of benzene rings is 2. The molecule has 9 heteroatoms. The quantitative estimate of drug-likeness (QED) is 0.420. The molecule has 1 heterocycles. The standard InChI is InChI=1S/C20H18N4O5/c25-17(23-24-19(27)13-6-2-1-3-7-13)12-29-18(26)11-10-16-21-15-9-5-4-8-14(15)20(28)22-16/h1-9H,10-12H2,(H,23,25)(H,24,27)(H,21,22,28). The number of aryl methyl sites for hydroxylation is 1. The fourth-order valence-electron chi connectivity index (χ4n) is 2.52. The van der Waals surface area contributed by atoms with Gasteiger partial charge < -0.3 is 9.72 Å². The lowest BCUT2D eigenvalue weighted by atomic mass is 10.2. The second-order valence-electron chi connectivity index (χ2n) is 6.06. The summed E-state index contributed by atoms with van der Waals surface area (Å²) in [5.74, 6) is -1.45. The van der Waals surface area contributed by atoms with Gasteiger partial charge in [0.05, 0.1) is 17.3 Å². The molecule has 0 radical (unpaired) electrons. The van der Waals surface area contributed by atoms with Gasteiger partial charge in [-0.2, -0.15) is 0 Å². The molecule has 0 spiro atoms. The van der Waals surface area contributed by atoms with Gasteiger partial charge >= 0.3 is 5.97 Å². The lowest BCUT2D eigenvalue weighted by Crippen LogP contribution is -2.43. The van der Waals surface area contributed by atoms with Crippen LogP contribution < -0.4 is 16.4 Å². The van der Waals surface area contributed by atoms with E-state index in [1.165, 1.54) is 0 Å². The van der Waals surface area contributed by atoms with E-state index in [1.54, 1.807) is 54.6 Å². The van der Waals surface area contributed by atoms with Crippen molar-refractivity contribution >= 4 is 28.7 Å². The van der Waals surface area contributed by atoms with Crippen molar-refractivity contribution in [2.24, 2.45) is 0 Å². The summed E-state index contributed by atoms with van der Waals surface area (Å²) < 4.78 is 4.86. The van der Waals surface area contributed by atoms with Crippen molar-refractivity contribution in [1.82, 2.24) is 20.8 Å². The molecule has 29 heavy (non-hydrogen) atoms. The molecular weight excluding hydrogens is 376 g/mol. The van der Waals surface area contributed by atoms with Crippen molar-refractivity contribution in [1.29, 1.82) is 0 Å². The number of hydrogen-bond donors (Lipinski definition) is 3. The predicted molar refractivity (Wildman–Crippen MR) is 104 cm³/mol. The van der Waals surface area contributed by atoms with E-state index in [2.05, 4.69) is 20.8 Å². The van der Waals surface area contributed by atoms with Crippen LogP contribution in [0.15, 0.2) is 59.4 Å². The molecule has 3 rings (SSSR count). The van der Waals surface area contributed by atoms with Gasteiger partial charge in [-0.15, -0.1) is 0 Å². The summed E-state index contributed by atoms with van der Waals surface area (Å²) in [6.45, 7) is -0.546. The van der Waals surface area contributed by atoms with Crippen LogP contribution in [0.2, 0.25) is 0 Å². The Kier molecular flexibility index (Phi) is 6.31. The molecule has 0 fully saturated rings. The van der Waals surface area contributed by atoms with E-state index in [0.29, 0.717) is 22.3 Å². The van der Waals surface area contributed by atoms with Crippen molar-refractivity contribution in [3.05, 3.63) is 76.3 Å². The average Bonchev–Trinajstić information content (AvgIpc) is 2.75. The number of hydrogen-bond acceptors (Lipinski definition) is 6. The summed E-state index contributed by atoms with van der Waals surface area (Å²) in [7, 11) is 0. The number of rotatable bonds is 6. The van der Waals surface area contributed by atoms with Gasteiger partial charge in [-0.25, -0.2) is 4.98 Å². The zero-order valence-corrected chi connectivity index (χ0v) is 15.3. The van der Waals surface area contributed by atoms with E-state index in [4.69, 9.17) is 4.74 Å². The Morgan fingerprint density at radius 3 is 2.48 bits per heavy atom. The number of nitrogens with one attached hydrogen (secondary N) is 3. The maximum atomic E-state index is 12.0. The van der Waals surface area contributed by atoms with E-state index in [9.17, 15) is 19.2 Å². The van der Waals surface area contributed by atoms with Crippen LogP contribution >= 0.6 is 0 Å². The molecule has 0 aliphatic heterocycles. The maximum Gasteiger partial charge on any atom is 0.306 e. The van der Waals surface area contributed by atoms with Gasteiger partial charge in [0, 0.05) is 12.0 Å². The van der Waals surface area contributed by atoms with Gasteiger partial charge in [-0.1, -0.05) is 30.3 Å². The molecule has 1 aromatic heterocycles. The number of nitrogens with zero attached hydrogens (tertiary/aromatic N) is 1. The molecule has 0 bridgehead atoms. The van der Waals surface area contributed by atoms with Crippen molar-refractivity contribution < 1.29 is 19.1 Å². The normalized spacial score (nSPS) is 10.3. The fraction of sp³-hybridized carbons (Fsp3) is 0.150. The van der Waals surface area contributed by atoms with Gasteiger partial charge in [-0.3, -0.25) is 30.0 Å². The Labute approximate surface area is 165 Å². The highest BCUT2D eigenvalue weighted by Crippen LogP contribution is 2.06. The lowest BCUT2D eigenvalue weighted by Gasteiger charge is -2.08. The highest BCUT2D eigenvalue weighted by molar-refractivity contribution is 5.95. The van der Waals surface area contributed by atoms with Crippen LogP contribution in [0.25, 0.3) is 10.9 Å². The van der Waals surface area contributed by atoms with Gasteiger partial charge in [0.2, 0.25) is 0 Å². The molecule has 0 saturated heterocycles. The number of aromatic amines is 1. The second kappa shape index (κ2) is 9.27. The third kappa shape index (κ3) is 5.48. The Morgan fingerprint density at radius 2 is 1.69 bits per heavy atom. The van der Waals surface area contributed by atoms with Crippen molar-refractivity contribution in [2.75, 3.05) is 6.61 Å². The molecule has 0 atom stereocenters. The first kappa shape index (κ1) is 19.7. The van der Waals surface area contributed by atoms with Crippen LogP contribution in [0.5, 0.6) is 0 Å². The lowest BCUT2D eigenvalue weighted by molar-refractivity contribution is -0.148. The van der Waals surface area contributed by atoms with Crippen LogP contribution in [-0.2, 0) is 20.7 Å². The number of ether oxygens (including phenoxy) is 1. The van der Waals surface area contributed by atoms with Crippen LogP contribution in [0.1, 0.15) is 22.6 Å². The summed E-state index contributed by atoms with van der Waals surface area (Å²) in [5, 5.41) is 0.466. The van der Waals surface area contributed by atoms with Crippen LogP contribution in [-0.4, -0.2) is 34.4 Å². The first-order valence-electron chi connectivity index (χ1n) is 8.81. The number of carbonyl (C=O) groups excluding carboxylic acids is 3. The highest BCUT2D eigenvalue weighted by atomic mass is 16.5. The topological polar surface area (TPSA) is 130 Å². The molecule has 0 aliphatic rings. The summed E-state index contributed by atoms with van der Waals surface area (Å²) in [5.41, 5.74) is 5.01. The summed E-state index contributed by atoms with van der Waals surface area (Å²) in [6, 6.07) is 15.2. The number of amides is 2. The number of fused-ring (bicyclic) bond motifs is 1. The maximum absolute atomic E-state index is 12.0. The fourth-order valence-corrected chi connectivity index (χ4v) is 2.52. The Hall–Kier alpha value is -4.01. The molecule has 0 aliphatic carbocycles. The molecule has 9 nitrogen and oxygen atoms in total. The Morgan fingerprint density at radius 1 is 0.966 bits per heavy atom. The van der Waals surface area contributed by atoms with E-state index < -0.39 is 24.4 Å². The number of esters is 1. The summed E-state index contributed by atoms with van der Waals surface area (Å²) in [6.07, 6.45) is 0.0935. The van der Waals surface area contributed by atoms with Crippen molar-refractivity contribution in [3.63, 3.8) is 0 Å². The SMILES string of the molecule is O=C(COC(=O)CCc1nc2ccccc2c(=O)[nH]1)NNC(=O)c1ccccc1.